The number of nitrogens with zero attached hydrogens (tertiary/aromatic N) is 2. The molecule has 2 aromatic rings. The van der Waals surface area contributed by atoms with Gasteiger partial charge in [0.2, 0.25) is 0 Å². The number of hydrogen-bond donors (Lipinski definition) is 1. The van der Waals surface area contributed by atoms with Gasteiger partial charge in [-0.15, -0.1) is 0 Å². The third-order valence-electron chi connectivity index (χ3n) is 5.54. The first-order valence-electron chi connectivity index (χ1n) is 9.63. The highest BCUT2D eigenvalue weighted by Gasteiger charge is 2.30. The molecule has 0 saturated heterocycles. The standard InChI is InChI=1S/C22H29N3O/c1-16-11-12-20(14-17(16)2)24-22(26)25(21-9-5-4-6-10-21)18(3)19-8-7-13-23-15-19/h7-8,11-15,18,21H,4-6,9-10H2,1-3H3,(H,24,26)/t18-/m1/s1. The zero-order valence-corrected chi connectivity index (χ0v) is 16.0. The minimum absolute atomic E-state index is 0.00153. The van der Waals surface area contributed by atoms with Gasteiger partial charge in [0.1, 0.15) is 0 Å². The fourth-order valence-electron chi connectivity index (χ4n) is 3.81. The Morgan fingerprint density at radius 1 is 1.15 bits per heavy atom. The highest BCUT2D eigenvalue weighted by molar-refractivity contribution is 5.90. The highest BCUT2D eigenvalue weighted by atomic mass is 16.2. The second kappa shape index (κ2) is 8.35. The van der Waals surface area contributed by atoms with E-state index in [4.69, 9.17) is 0 Å². The van der Waals surface area contributed by atoms with E-state index < -0.39 is 0 Å². The van der Waals surface area contributed by atoms with E-state index in [0.29, 0.717) is 0 Å². The van der Waals surface area contributed by atoms with E-state index in [1.54, 1.807) is 6.20 Å². The van der Waals surface area contributed by atoms with Gasteiger partial charge in [0.25, 0.3) is 0 Å². The summed E-state index contributed by atoms with van der Waals surface area (Å²) < 4.78 is 0. The number of carbonyl (C=O) groups excluding carboxylic acids is 1. The molecule has 0 bridgehead atoms. The molecule has 0 aliphatic heterocycles. The molecule has 1 aliphatic carbocycles. The van der Waals surface area contributed by atoms with E-state index >= 15 is 0 Å². The number of carbonyl (C=O) groups is 1. The van der Waals surface area contributed by atoms with Gasteiger partial charge in [-0.2, -0.15) is 0 Å². The quantitative estimate of drug-likeness (QED) is 0.776. The molecule has 4 nitrogen and oxygen atoms in total. The van der Waals surface area contributed by atoms with Crippen LogP contribution < -0.4 is 5.32 Å². The van der Waals surface area contributed by atoms with Gasteiger partial charge in [0.05, 0.1) is 6.04 Å². The van der Waals surface area contributed by atoms with E-state index in [0.717, 1.165) is 24.1 Å². The lowest BCUT2D eigenvalue weighted by atomic mass is 9.92. The minimum Gasteiger partial charge on any atom is -0.315 e. The predicted octanol–water partition coefficient (Wildman–Crippen LogP) is 5.63. The van der Waals surface area contributed by atoms with Gasteiger partial charge in [-0.25, -0.2) is 4.79 Å². The van der Waals surface area contributed by atoms with Crippen molar-refractivity contribution in [1.82, 2.24) is 9.88 Å². The summed E-state index contributed by atoms with van der Waals surface area (Å²) in [5.41, 5.74) is 4.36. The Labute approximate surface area is 156 Å². The van der Waals surface area contributed by atoms with Crippen molar-refractivity contribution in [3.63, 3.8) is 0 Å². The maximum Gasteiger partial charge on any atom is 0.322 e. The number of amides is 2. The maximum atomic E-state index is 13.2. The first-order valence-corrected chi connectivity index (χ1v) is 9.63. The number of urea groups is 1. The molecule has 26 heavy (non-hydrogen) atoms. The molecule has 3 rings (SSSR count). The number of aromatic nitrogens is 1. The van der Waals surface area contributed by atoms with Crippen LogP contribution in [0.1, 0.15) is 61.8 Å². The second-order valence-electron chi connectivity index (χ2n) is 7.39. The molecule has 1 heterocycles. The summed E-state index contributed by atoms with van der Waals surface area (Å²) in [6.07, 6.45) is 9.44. The summed E-state index contributed by atoms with van der Waals surface area (Å²) >= 11 is 0. The number of pyridine rings is 1. The maximum absolute atomic E-state index is 13.2. The zero-order valence-electron chi connectivity index (χ0n) is 16.0. The minimum atomic E-state index is -0.0171. The summed E-state index contributed by atoms with van der Waals surface area (Å²) in [6, 6.07) is 10.3. The summed E-state index contributed by atoms with van der Waals surface area (Å²) in [5.74, 6) is 0. The van der Waals surface area contributed by atoms with Gasteiger partial charge in [-0.05, 0) is 68.5 Å². The van der Waals surface area contributed by atoms with Crippen molar-refractivity contribution in [2.45, 2.75) is 65.0 Å². The SMILES string of the molecule is Cc1ccc(NC(=O)N(C2CCCCC2)[C@H](C)c2cccnc2)cc1C. The van der Waals surface area contributed by atoms with Crippen molar-refractivity contribution in [3.8, 4) is 0 Å². The van der Waals surface area contributed by atoms with Crippen LogP contribution in [-0.4, -0.2) is 22.0 Å². The topological polar surface area (TPSA) is 45.2 Å². The number of hydrogen-bond acceptors (Lipinski definition) is 2. The van der Waals surface area contributed by atoms with Crippen molar-refractivity contribution in [2.75, 3.05) is 5.32 Å². The molecule has 1 aliphatic rings. The van der Waals surface area contributed by atoms with Crippen molar-refractivity contribution < 1.29 is 4.79 Å². The van der Waals surface area contributed by atoms with Gasteiger partial charge in [-0.1, -0.05) is 31.4 Å². The monoisotopic (exact) mass is 351 g/mol. The molecule has 1 saturated carbocycles. The number of benzene rings is 1. The molecule has 1 aromatic heterocycles. The van der Waals surface area contributed by atoms with Crippen LogP contribution in [0.15, 0.2) is 42.7 Å². The van der Waals surface area contributed by atoms with Crippen LogP contribution in [0.2, 0.25) is 0 Å². The average molecular weight is 351 g/mol. The Hall–Kier alpha value is -2.36. The fraction of sp³-hybridized carbons (Fsp3) is 0.455. The van der Waals surface area contributed by atoms with E-state index in [1.165, 1.54) is 30.4 Å². The van der Waals surface area contributed by atoms with Crippen molar-refractivity contribution in [3.05, 3.63) is 59.4 Å². The van der Waals surface area contributed by atoms with Crippen molar-refractivity contribution in [1.29, 1.82) is 0 Å². The molecular weight excluding hydrogens is 322 g/mol. The number of anilines is 1. The first-order chi connectivity index (χ1) is 12.6. The van der Waals surface area contributed by atoms with Crippen LogP contribution in [0.5, 0.6) is 0 Å². The summed E-state index contributed by atoms with van der Waals surface area (Å²) in [7, 11) is 0. The van der Waals surface area contributed by atoms with Crippen LogP contribution >= 0.6 is 0 Å². The molecular formula is C22H29N3O. The lowest BCUT2D eigenvalue weighted by Crippen LogP contribution is -2.45. The summed E-state index contributed by atoms with van der Waals surface area (Å²) in [5, 5.41) is 3.12. The first kappa shape index (κ1) is 18.4. The zero-order chi connectivity index (χ0) is 18.5. The normalized spacial score (nSPS) is 16.1. The van der Waals surface area contributed by atoms with E-state index in [1.807, 2.05) is 29.3 Å². The highest BCUT2D eigenvalue weighted by Crippen LogP contribution is 2.30. The third kappa shape index (κ3) is 4.24. The van der Waals surface area contributed by atoms with E-state index in [2.05, 4.69) is 43.2 Å². The van der Waals surface area contributed by atoms with Crippen LogP contribution in [-0.2, 0) is 0 Å². The summed E-state index contributed by atoms with van der Waals surface area (Å²) in [4.78, 5) is 19.5. The molecule has 138 valence electrons. The van der Waals surface area contributed by atoms with Crippen LogP contribution in [0.4, 0.5) is 10.5 Å². The Kier molecular flexibility index (Phi) is 5.92. The third-order valence-corrected chi connectivity index (χ3v) is 5.54. The Morgan fingerprint density at radius 2 is 1.92 bits per heavy atom. The predicted molar refractivity (Wildman–Crippen MR) is 106 cm³/mol. The van der Waals surface area contributed by atoms with E-state index in [-0.39, 0.29) is 18.1 Å². The van der Waals surface area contributed by atoms with Crippen molar-refractivity contribution in [2.24, 2.45) is 0 Å². The van der Waals surface area contributed by atoms with Gasteiger partial charge >= 0.3 is 6.03 Å². The number of aryl methyl sites for hydroxylation is 2. The van der Waals surface area contributed by atoms with E-state index in [9.17, 15) is 4.79 Å². The largest absolute Gasteiger partial charge is 0.322 e. The van der Waals surface area contributed by atoms with Gasteiger partial charge in [0.15, 0.2) is 0 Å². The van der Waals surface area contributed by atoms with Gasteiger partial charge in [0, 0.05) is 24.1 Å². The second-order valence-corrected chi connectivity index (χ2v) is 7.39. The Balaban J connectivity index is 1.83. The van der Waals surface area contributed by atoms with Gasteiger partial charge < -0.3 is 10.2 Å². The van der Waals surface area contributed by atoms with Gasteiger partial charge in [-0.3, -0.25) is 4.98 Å². The Bertz CT molecular complexity index is 738. The molecule has 0 unspecified atom stereocenters. The number of nitrogens with one attached hydrogen (secondary N) is 1. The average Bonchev–Trinajstić information content (AvgIpc) is 2.66. The molecule has 4 heteroatoms. The van der Waals surface area contributed by atoms with Crippen LogP contribution in [0.25, 0.3) is 0 Å². The molecule has 1 fully saturated rings. The molecule has 1 atom stereocenters. The lowest BCUT2D eigenvalue weighted by Gasteiger charge is -2.38. The smallest absolute Gasteiger partial charge is 0.315 e. The molecule has 1 N–H and O–H groups in total. The van der Waals surface area contributed by atoms with Crippen LogP contribution in [0.3, 0.4) is 0 Å². The lowest BCUT2D eigenvalue weighted by molar-refractivity contribution is 0.139. The number of rotatable bonds is 4. The van der Waals surface area contributed by atoms with Crippen LogP contribution in [0, 0.1) is 13.8 Å². The Morgan fingerprint density at radius 3 is 2.58 bits per heavy atom. The molecule has 0 radical (unpaired) electrons. The summed E-state index contributed by atoms with van der Waals surface area (Å²) in [6.45, 7) is 6.26. The molecule has 1 aromatic carbocycles. The fourth-order valence-corrected chi connectivity index (χ4v) is 3.81. The molecule has 0 spiro atoms. The van der Waals surface area contributed by atoms with Crippen molar-refractivity contribution >= 4 is 11.7 Å². The molecule has 2 amide bonds.